The first-order valence-corrected chi connectivity index (χ1v) is 9.41. The predicted octanol–water partition coefficient (Wildman–Crippen LogP) is 4.60. The van der Waals surface area contributed by atoms with Crippen molar-refractivity contribution in [2.75, 3.05) is 5.32 Å². The number of amides is 1. The highest BCUT2D eigenvalue weighted by Gasteiger charge is 2.11. The number of rotatable bonds is 5. The van der Waals surface area contributed by atoms with Crippen molar-refractivity contribution in [3.05, 3.63) is 89.0 Å². The Morgan fingerprint density at radius 3 is 2.39 bits per heavy atom. The average molecular weight is 370 g/mol. The van der Waals surface area contributed by atoms with Gasteiger partial charge in [-0.25, -0.2) is 4.68 Å². The molecular formula is C23H22N4O. The molecule has 0 atom stereocenters. The number of fused-ring (bicyclic) bond motifs is 1. The van der Waals surface area contributed by atoms with Gasteiger partial charge in [-0.2, -0.15) is 0 Å². The van der Waals surface area contributed by atoms with Gasteiger partial charge in [0.2, 0.25) is 0 Å². The maximum atomic E-state index is 12.6. The number of anilines is 1. The fourth-order valence-corrected chi connectivity index (χ4v) is 3.12. The summed E-state index contributed by atoms with van der Waals surface area (Å²) in [5, 5.41) is 11.4. The number of nitrogens with zero attached hydrogens (tertiary/aromatic N) is 3. The minimum Gasteiger partial charge on any atom is -0.322 e. The summed E-state index contributed by atoms with van der Waals surface area (Å²) in [6, 6.07) is 21.7. The van der Waals surface area contributed by atoms with Crippen LogP contribution in [0.5, 0.6) is 0 Å². The highest BCUT2D eigenvalue weighted by atomic mass is 16.1. The van der Waals surface area contributed by atoms with Crippen LogP contribution in [0.15, 0.2) is 66.7 Å². The Kier molecular flexibility index (Phi) is 4.89. The lowest BCUT2D eigenvalue weighted by Crippen LogP contribution is -2.11. The van der Waals surface area contributed by atoms with Gasteiger partial charge in [0.1, 0.15) is 5.52 Å². The third-order valence-corrected chi connectivity index (χ3v) is 4.85. The number of carbonyl (C=O) groups is 1. The third kappa shape index (κ3) is 3.78. The van der Waals surface area contributed by atoms with Crippen molar-refractivity contribution in [3.63, 3.8) is 0 Å². The maximum absolute atomic E-state index is 12.6. The van der Waals surface area contributed by atoms with Crippen LogP contribution in [0.25, 0.3) is 11.0 Å². The molecule has 28 heavy (non-hydrogen) atoms. The van der Waals surface area contributed by atoms with E-state index in [0.29, 0.717) is 17.6 Å². The summed E-state index contributed by atoms with van der Waals surface area (Å²) in [6.07, 6.45) is 0.975. The standard InChI is InChI=1S/C23H22N4O/c1-3-17-8-11-20(12-9-17)24-23(28)19-10-13-22-21(14-19)25-26-27(22)15-18-6-4-16(2)5-7-18/h4-14H,3,15H2,1-2H3,(H,24,28). The summed E-state index contributed by atoms with van der Waals surface area (Å²) in [5.41, 5.74) is 6.59. The van der Waals surface area contributed by atoms with E-state index < -0.39 is 0 Å². The quantitative estimate of drug-likeness (QED) is 0.558. The predicted molar refractivity (Wildman–Crippen MR) is 112 cm³/mol. The second-order valence-corrected chi connectivity index (χ2v) is 6.94. The summed E-state index contributed by atoms with van der Waals surface area (Å²) in [4.78, 5) is 12.6. The van der Waals surface area contributed by atoms with Crippen LogP contribution >= 0.6 is 0 Å². The lowest BCUT2D eigenvalue weighted by atomic mass is 10.1. The van der Waals surface area contributed by atoms with Gasteiger partial charge in [-0.05, 0) is 54.8 Å². The van der Waals surface area contributed by atoms with Gasteiger partial charge < -0.3 is 5.32 Å². The molecule has 140 valence electrons. The van der Waals surface area contributed by atoms with Gasteiger partial charge in [0.15, 0.2) is 0 Å². The van der Waals surface area contributed by atoms with Gasteiger partial charge >= 0.3 is 0 Å². The summed E-state index contributed by atoms with van der Waals surface area (Å²) in [6.45, 7) is 4.82. The van der Waals surface area contributed by atoms with Gasteiger partial charge in [0, 0.05) is 11.3 Å². The maximum Gasteiger partial charge on any atom is 0.255 e. The van der Waals surface area contributed by atoms with Gasteiger partial charge in [-0.1, -0.05) is 54.1 Å². The molecule has 5 nitrogen and oxygen atoms in total. The van der Waals surface area contributed by atoms with Crippen LogP contribution in [0, 0.1) is 6.92 Å². The average Bonchev–Trinajstić information content (AvgIpc) is 3.12. The Morgan fingerprint density at radius 2 is 1.68 bits per heavy atom. The molecule has 0 saturated carbocycles. The fraction of sp³-hybridized carbons (Fsp3) is 0.174. The lowest BCUT2D eigenvalue weighted by Gasteiger charge is -2.07. The molecule has 0 spiro atoms. The van der Waals surface area contributed by atoms with Crippen molar-refractivity contribution in [2.45, 2.75) is 26.8 Å². The van der Waals surface area contributed by atoms with Crippen LogP contribution in [0.4, 0.5) is 5.69 Å². The molecule has 1 heterocycles. The SMILES string of the molecule is CCc1ccc(NC(=O)c2ccc3c(c2)nnn3Cc2ccc(C)cc2)cc1. The lowest BCUT2D eigenvalue weighted by molar-refractivity contribution is 0.102. The van der Waals surface area contributed by atoms with Crippen LogP contribution < -0.4 is 5.32 Å². The van der Waals surface area contributed by atoms with Crippen LogP contribution in [0.3, 0.4) is 0 Å². The van der Waals surface area contributed by atoms with Gasteiger partial charge in [0.05, 0.1) is 12.1 Å². The highest BCUT2D eigenvalue weighted by molar-refractivity contribution is 6.05. The number of hydrogen-bond acceptors (Lipinski definition) is 3. The topological polar surface area (TPSA) is 59.8 Å². The molecule has 1 N–H and O–H groups in total. The smallest absolute Gasteiger partial charge is 0.255 e. The van der Waals surface area contributed by atoms with Crippen molar-refractivity contribution in [1.82, 2.24) is 15.0 Å². The van der Waals surface area contributed by atoms with E-state index in [2.05, 4.69) is 53.7 Å². The number of benzene rings is 3. The Bertz CT molecular complexity index is 1110. The van der Waals surface area contributed by atoms with E-state index in [1.54, 1.807) is 6.07 Å². The molecule has 1 aromatic heterocycles. The number of nitrogens with one attached hydrogen (secondary N) is 1. The molecule has 4 rings (SSSR count). The molecular weight excluding hydrogens is 348 g/mol. The summed E-state index contributed by atoms with van der Waals surface area (Å²) in [7, 11) is 0. The summed E-state index contributed by atoms with van der Waals surface area (Å²) >= 11 is 0. The molecule has 0 aliphatic carbocycles. The Morgan fingerprint density at radius 1 is 0.964 bits per heavy atom. The van der Waals surface area contributed by atoms with E-state index in [9.17, 15) is 4.79 Å². The van der Waals surface area contributed by atoms with Crippen molar-refractivity contribution in [2.24, 2.45) is 0 Å². The summed E-state index contributed by atoms with van der Waals surface area (Å²) in [5.74, 6) is -0.153. The molecule has 3 aromatic carbocycles. The van der Waals surface area contributed by atoms with E-state index in [4.69, 9.17) is 0 Å². The van der Waals surface area contributed by atoms with Crippen molar-refractivity contribution >= 4 is 22.6 Å². The number of hydrogen-bond donors (Lipinski definition) is 1. The zero-order chi connectivity index (χ0) is 19.5. The van der Waals surface area contributed by atoms with E-state index in [0.717, 1.165) is 23.2 Å². The second-order valence-electron chi connectivity index (χ2n) is 6.94. The minimum absolute atomic E-state index is 0.153. The summed E-state index contributed by atoms with van der Waals surface area (Å²) < 4.78 is 1.85. The van der Waals surface area contributed by atoms with E-state index in [1.807, 2.05) is 41.1 Å². The molecule has 1 amide bonds. The van der Waals surface area contributed by atoms with Gasteiger partial charge in [-0.3, -0.25) is 4.79 Å². The molecule has 4 aromatic rings. The first-order chi connectivity index (χ1) is 13.6. The molecule has 0 unspecified atom stereocenters. The van der Waals surface area contributed by atoms with Crippen LogP contribution in [-0.4, -0.2) is 20.9 Å². The third-order valence-electron chi connectivity index (χ3n) is 4.85. The monoisotopic (exact) mass is 370 g/mol. The normalized spacial score (nSPS) is 10.9. The highest BCUT2D eigenvalue weighted by Crippen LogP contribution is 2.17. The van der Waals surface area contributed by atoms with Crippen LogP contribution in [0.2, 0.25) is 0 Å². The molecule has 0 aliphatic heterocycles. The Balaban J connectivity index is 1.52. The molecule has 0 bridgehead atoms. The zero-order valence-electron chi connectivity index (χ0n) is 16.0. The Hall–Kier alpha value is -3.47. The van der Waals surface area contributed by atoms with Crippen LogP contribution in [0.1, 0.15) is 34.0 Å². The molecule has 5 heteroatoms. The van der Waals surface area contributed by atoms with Crippen molar-refractivity contribution in [3.8, 4) is 0 Å². The molecule has 0 fully saturated rings. The zero-order valence-corrected chi connectivity index (χ0v) is 16.0. The van der Waals surface area contributed by atoms with E-state index >= 15 is 0 Å². The number of aromatic nitrogens is 3. The molecule has 0 radical (unpaired) electrons. The van der Waals surface area contributed by atoms with Gasteiger partial charge in [0.25, 0.3) is 5.91 Å². The second kappa shape index (κ2) is 7.64. The number of carbonyl (C=O) groups excluding carboxylic acids is 1. The largest absolute Gasteiger partial charge is 0.322 e. The fourth-order valence-electron chi connectivity index (χ4n) is 3.12. The molecule has 0 aliphatic rings. The minimum atomic E-state index is -0.153. The van der Waals surface area contributed by atoms with E-state index in [1.165, 1.54) is 11.1 Å². The number of aryl methyl sites for hydroxylation is 2. The van der Waals surface area contributed by atoms with Gasteiger partial charge in [-0.15, -0.1) is 5.10 Å². The van der Waals surface area contributed by atoms with Crippen molar-refractivity contribution < 1.29 is 4.79 Å². The molecule has 0 saturated heterocycles. The first-order valence-electron chi connectivity index (χ1n) is 9.41. The Labute approximate surface area is 164 Å². The first kappa shape index (κ1) is 17.9. The van der Waals surface area contributed by atoms with Crippen LogP contribution in [-0.2, 0) is 13.0 Å². The van der Waals surface area contributed by atoms with Crippen molar-refractivity contribution in [1.29, 1.82) is 0 Å². The van der Waals surface area contributed by atoms with E-state index in [-0.39, 0.29) is 5.91 Å².